The molecule has 3 rings (SSSR count). The van der Waals surface area contributed by atoms with Gasteiger partial charge in [0.05, 0.1) is 10.8 Å². The number of hydrogen-bond donors (Lipinski definition) is 1. The number of hydrogen-bond acceptors (Lipinski definition) is 4. The van der Waals surface area contributed by atoms with Crippen LogP contribution in [0.1, 0.15) is 56.5 Å². The van der Waals surface area contributed by atoms with Crippen LogP contribution in [0.5, 0.6) is 0 Å². The molecule has 1 aliphatic carbocycles. The highest BCUT2D eigenvalue weighted by molar-refractivity contribution is 8.00. The number of amides is 1. The minimum Gasteiger partial charge on any atom is -0.325 e. The van der Waals surface area contributed by atoms with Crippen LogP contribution >= 0.6 is 11.8 Å². The number of para-hydroxylation sites is 1. The van der Waals surface area contributed by atoms with Crippen LogP contribution in [0.2, 0.25) is 0 Å². The molecule has 5 heteroatoms. The quantitative estimate of drug-likeness (QED) is 0.677. The van der Waals surface area contributed by atoms with Gasteiger partial charge in [-0.05, 0) is 67.7 Å². The van der Waals surface area contributed by atoms with Gasteiger partial charge < -0.3 is 5.32 Å². The second-order valence-corrected chi connectivity index (χ2v) is 10.3. The van der Waals surface area contributed by atoms with Crippen LogP contribution in [-0.2, 0) is 17.6 Å². The zero-order valence-corrected chi connectivity index (χ0v) is 18.7. The molecule has 29 heavy (non-hydrogen) atoms. The summed E-state index contributed by atoms with van der Waals surface area (Å²) >= 11 is 1.36. The predicted octanol–water partition coefficient (Wildman–Crippen LogP) is 5.53. The number of rotatable bonds is 4. The molecular formula is C24H29N3OS. The van der Waals surface area contributed by atoms with E-state index in [4.69, 9.17) is 4.98 Å². The second kappa shape index (κ2) is 8.59. The third-order valence-corrected chi connectivity index (χ3v) is 6.86. The predicted molar refractivity (Wildman–Crippen MR) is 119 cm³/mol. The number of aryl methyl sites for hydroxylation is 2. The number of nitriles is 1. The largest absolute Gasteiger partial charge is 0.325 e. The summed E-state index contributed by atoms with van der Waals surface area (Å²) in [5.41, 5.74) is 4.93. The summed E-state index contributed by atoms with van der Waals surface area (Å²) in [6.45, 7) is 10.7. The van der Waals surface area contributed by atoms with Crippen LogP contribution < -0.4 is 5.32 Å². The minimum absolute atomic E-state index is 0.0829. The molecular weight excluding hydrogens is 378 g/mol. The number of benzene rings is 1. The fraction of sp³-hybridized carbons (Fsp3) is 0.458. The molecule has 1 N–H and O–H groups in total. The van der Waals surface area contributed by atoms with Crippen LogP contribution in [-0.4, -0.2) is 16.1 Å². The van der Waals surface area contributed by atoms with Crippen LogP contribution in [0.25, 0.3) is 0 Å². The summed E-state index contributed by atoms with van der Waals surface area (Å²) in [5.74, 6) is 0.515. The van der Waals surface area contributed by atoms with Gasteiger partial charge in [-0.1, -0.05) is 50.7 Å². The van der Waals surface area contributed by atoms with Crippen molar-refractivity contribution in [3.05, 3.63) is 52.7 Å². The Labute approximate surface area is 178 Å². The standard InChI is InChI=1S/C24H29N3OS/c1-15-8-6-7-9-20(15)26-22(28)16(2)29-23-18(14-25)12-17-13-19(24(3,4)5)10-11-21(17)27-23/h6-9,12,16,19H,10-11,13H2,1-5H3,(H,26,28). The van der Waals surface area contributed by atoms with Crippen molar-refractivity contribution in [2.24, 2.45) is 11.3 Å². The van der Waals surface area contributed by atoms with Crippen molar-refractivity contribution >= 4 is 23.4 Å². The van der Waals surface area contributed by atoms with E-state index in [2.05, 4.69) is 32.2 Å². The van der Waals surface area contributed by atoms with E-state index >= 15 is 0 Å². The van der Waals surface area contributed by atoms with E-state index in [1.807, 2.05) is 44.2 Å². The maximum Gasteiger partial charge on any atom is 0.237 e. The zero-order chi connectivity index (χ0) is 21.2. The lowest BCUT2D eigenvalue weighted by molar-refractivity contribution is -0.115. The molecule has 0 spiro atoms. The molecule has 2 unspecified atom stereocenters. The fourth-order valence-corrected chi connectivity index (χ4v) is 4.62. The normalized spacial score (nSPS) is 17.2. The van der Waals surface area contributed by atoms with Gasteiger partial charge in [-0.15, -0.1) is 0 Å². The van der Waals surface area contributed by atoms with E-state index in [1.165, 1.54) is 17.3 Å². The number of carbonyl (C=O) groups is 1. The Morgan fingerprint density at radius 2 is 2.07 bits per heavy atom. The van der Waals surface area contributed by atoms with E-state index in [0.717, 1.165) is 36.2 Å². The Balaban J connectivity index is 1.77. The lowest BCUT2D eigenvalue weighted by Crippen LogP contribution is -2.28. The van der Waals surface area contributed by atoms with E-state index in [9.17, 15) is 10.1 Å². The van der Waals surface area contributed by atoms with Gasteiger partial charge in [0.25, 0.3) is 0 Å². The summed E-state index contributed by atoms with van der Waals surface area (Å²) in [5, 5.41) is 13.0. The first-order valence-electron chi connectivity index (χ1n) is 10.1. The van der Waals surface area contributed by atoms with Crippen molar-refractivity contribution in [2.75, 3.05) is 5.32 Å². The third kappa shape index (κ3) is 5.00. The molecule has 1 aromatic heterocycles. The lowest BCUT2D eigenvalue weighted by Gasteiger charge is -2.34. The zero-order valence-electron chi connectivity index (χ0n) is 17.9. The first-order chi connectivity index (χ1) is 13.7. The van der Waals surface area contributed by atoms with Crippen molar-refractivity contribution in [1.29, 1.82) is 5.26 Å². The van der Waals surface area contributed by atoms with Gasteiger partial charge in [0.1, 0.15) is 11.1 Å². The monoisotopic (exact) mass is 407 g/mol. The van der Waals surface area contributed by atoms with Crippen molar-refractivity contribution < 1.29 is 4.79 Å². The van der Waals surface area contributed by atoms with Gasteiger partial charge in [-0.2, -0.15) is 5.26 Å². The van der Waals surface area contributed by atoms with Crippen molar-refractivity contribution in [3.8, 4) is 6.07 Å². The molecule has 1 amide bonds. The number of pyridine rings is 1. The van der Waals surface area contributed by atoms with Crippen molar-refractivity contribution in [2.45, 2.75) is 64.2 Å². The topological polar surface area (TPSA) is 65.8 Å². The summed E-state index contributed by atoms with van der Waals surface area (Å²) in [6.07, 6.45) is 3.01. The molecule has 1 heterocycles. The van der Waals surface area contributed by atoms with Crippen molar-refractivity contribution in [3.63, 3.8) is 0 Å². The Bertz CT molecular complexity index is 956. The minimum atomic E-state index is -0.349. The number of fused-ring (bicyclic) bond motifs is 1. The van der Waals surface area contributed by atoms with Crippen molar-refractivity contribution in [1.82, 2.24) is 4.98 Å². The number of nitrogens with zero attached hydrogens (tertiary/aromatic N) is 2. The number of anilines is 1. The molecule has 1 aromatic carbocycles. The molecule has 0 fully saturated rings. The average Bonchev–Trinajstić information content (AvgIpc) is 2.68. The maximum absolute atomic E-state index is 12.7. The Morgan fingerprint density at radius 3 is 2.72 bits per heavy atom. The van der Waals surface area contributed by atoms with E-state index in [-0.39, 0.29) is 16.6 Å². The van der Waals surface area contributed by atoms with Gasteiger partial charge in [0, 0.05) is 11.4 Å². The number of carbonyl (C=O) groups excluding carboxylic acids is 1. The molecule has 152 valence electrons. The summed E-state index contributed by atoms with van der Waals surface area (Å²) in [6, 6.07) is 12.0. The number of nitrogens with one attached hydrogen (secondary N) is 1. The van der Waals surface area contributed by atoms with Gasteiger partial charge >= 0.3 is 0 Å². The highest BCUT2D eigenvalue weighted by atomic mass is 32.2. The highest BCUT2D eigenvalue weighted by Gasteiger charge is 2.30. The Hall–Kier alpha value is -2.32. The molecule has 0 saturated carbocycles. The van der Waals surface area contributed by atoms with Crippen LogP contribution in [0.15, 0.2) is 35.4 Å². The van der Waals surface area contributed by atoms with Crippen LogP contribution in [0, 0.1) is 29.6 Å². The Morgan fingerprint density at radius 1 is 1.34 bits per heavy atom. The van der Waals surface area contributed by atoms with E-state index < -0.39 is 0 Å². The number of thioether (sulfide) groups is 1. The summed E-state index contributed by atoms with van der Waals surface area (Å²) < 4.78 is 0. The highest BCUT2D eigenvalue weighted by Crippen LogP contribution is 2.38. The lowest BCUT2D eigenvalue weighted by atomic mass is 9.71. The molecule has 0 bridgehead atoms. The molecule has 2 atom stereocenters. The molecule has 1 aliphatic rings. The molecule has 0 radical (unpaired) electrons. The van der Waals surface area contributed by atoms with Gasteiger partial charge in [-0.3, -0.25) is 4.79 Å². The average molecular weight is 408 g/mol. The summed E-state index contributed by atoms with van der Waals surface area (Å²) in [7, 11) is 0. The first-order valence-corrected chi connectivity index (χ1v) is 11.0. The van der Waals surface area contributed by atoms with E-state index in [0.29, 0.717) is 16.5 Å². The molecule has 4 nitrogen and oxygen atoms in total. The van der Waals surface area contributed by atoms with Gasteiger partial charge in [0.2, 0.25) is 5.91 Å². The summed E-state index contributed by atoms with van der Waals surface area (Å²) in [4.78, 5) is 17.5. The van der Waals surface area contributed by atoms with Crippen LogP contribution in [0.3, 0.4) is 0 Å². The second-order valence-electron chi connectivity index (χ2n) is 8.93. The molecule has 2 aromatic rings. The van der Waals surface area contributed by atoms with Gasteiger partial charge in [0.15, 0.2) is 0 Å². The molecule has 0 saturated heterocycles. The smallest absolute Gasteiger partial charge is 0.237 e. The Kier molecular flexibility index (Phi) is 6.33. The SMILES string of the molecule is Cc1ccccc1NC(=O)C(C)Sc1nc2c(cc1C#N)CC(C(C)(C)C)CC2. The maximum atomic E-state index is 12.7. The number of aromatic nitrogens is 1. The first kappa shape index (κ1) is 21.4. The van der Waals surface area contributed by atoms with Gasteiger partial charge in [-0.25, -0.2) is 4.98 Å². The molecule has 0 aliphatic heterocycles. The van der Waals surface area contributed by atoms with Crippen LogP contribution in [0.4, 0.5) is 5.69 Å². The van der Waals surface area contributed by atoms with E-state index in [1.54, 1.807) is 0 Å². The third-order valence-electron chi connectivity index (χ3n) is 5.76. The fourth-order valence-electron chi connectivity index (χ4n) is 3.72.